The molecule has 0 atom stereocenters. The molecule has 0 saturated carbocycles. The number of ether oxygens (including phenoxy) is 2. The molecule has 5 rings (SSSR count). The standard InChI is InChI=1S/C15H14Cl2N2O.C15H13ClN2O/c1-10(18-11-5-3-6-12(9-11)20-2)19-15-13(16)7-4-8-14(15)17;1-10-17-15-13(16)7-4-8-14(15)18(10)11-5-3-6-12(9-11)19-2/h3-9H,1-2H3,(H,18,19);3-9H,1-2H3. The number of aromatic nitrogens is 2. The third-order valence-electron chi connectivity index (χ3n) is 5.73. The number of anilines is 1. The lowest BCUT2D eigenvalue weighted by Gasteiger charge is -2.08. The molecule has 1 heterocycles. The highest BCUT2D eigenvalue weighted by Gasteiger charge is 2.12. The molecular formula is C30H27Cl3N4O2. The average molecular weight is 582 g/mol. The number of aliphatic imine (C=N–C) groups is 1. The highest BCUT2D eigenvalue weighted by atomic mass is 35.5. The van der Waals surface area contributed by atoms with E-state index in [-0.39, 0.29) is 0 Å². The van der Waals surface area contributed by atoms with Gasteiger partial charge in [-0.25, -0.2) is 9.98 Å². The number of rotatable bonds is 5. The van der Waals surface area contributed by atoms with E-state index >= 15 is 0 Å². The van der Waals surface area contributed by atoms with Crippen LogP contribution in [0.2, 0.25) is 15.1 Å². The molecule has 0 aliphatic carbocycles. The zero-order chi connectivity index (χ0) is 27.9. The van der Waals surface area contributed by atoms with Gasteiger partial charge < -0.3 is 14.8 Å². The predicted octanol–water partition coefficient (Wildman–Crippen LogP) is 9.16. The summed E-state index contributed by atoms with van der Waals surface area (Å²) in [5, 5.41) is 4.88. The normalized spacial score (nSPS) is 11.1. The minimum Gasteiger partial charge on any atom is -0.497 e. The summed E-state index contributed by atoms with van der Waals surface area (Å²) in [6.07, 6.45) is 0. The number of nitrogens with zero attached hydrogens (tertiary/aromatic N) is 3. The lowest BCUT2D eigenvalue weighted by Crippen LogP contribution is -2.06. The van der Waals surface area contributed by atoms with Crippen LogP contribution in [0.3, 0.4) is 0 Å². The number of halogens is 3. The van der Waals surface area contributed by atoms with E-state index in [0.717, 1.165) is 39.7 Å². The predicted molar refractivity (Wildman–Crippen MR) is 163 cm³/mol. The van der Waals surface area contributed by atoms with Crippen molar-refractivity contribution in [3.8, 4) is 17.2 Å². The molecule has 1 N–H and O–H groups in total. The molecule has 0 aliphatic rings. The quantitative estimate of drug-likeness (QED) is 0.166. The third kappa shape index (κ3) is 6.84. The fourth-order valence-corrected chi connectivity index (χ4v) is 4.65. The molecule has 0 amide bonds. The van der Waals surface area contributed by atoms with Crippen LogP contribution in [0.25, 0.3) is 16.7 Å². The van der Waals surface area contributed by atoms with Crippen molar-refractivity contribution >= 4 is 63.0 Å². The molecule has 9 heteroatoms. The Balaban J connectivity index is 0.000000181. The maximum Gasteiger partial charge on any atom is 0.120 e. The average Bonchev–Trinajstić information content (AvgIpc) is 3.28. The number of imidazole rings is 1. The first kappa shape index (κ1) is 28.3. The zero-order valence-electron chi connectivity index (χ0n) is 21.9. The molecule has 0 fully saturated rings. The van der Waals surface area contributed by atoms with Gasteiger partial charge in [-0.05, 0) is 62.4 Å². The summed E-state index contributed by atoms with van der Waals surface area (Å²) in [7, 11) is 3.29. The summed E-state index contributed by atoms with van der Waals surface area (Å²) in [4.78, 5) is 8.94. The fraction of sp³-hybridized carbons (Fsp3) is 0.133. The number of nitrogens with one attached hydrogen (secondary N) is 1. The van der Waals surface area contributed by atoms with Crippen LogP contribution in [-0.2, 0) is 0 Å². The lowest BCUT2D eigenvalue weighted by molar-refractivity contribution is 0.414. The van der Waals surface area contributed by atoms with E-state index < -0.39 is 0 Å². The maximum absolute atomic E-state index is 6.19. The Morgan fingerprint density at radius 2 is 1.38 bits per heavy atom. The second kappa shape index (κ2) is 12.9. The molecule has 0 saturated heterocycles. The molecule has 0 aliphatic heterocycles. The number of methoxy groups -OCH3 is 2. The minimum atomic E-state index is 0.518. The monoisotopic (exact) mass is 580 g/mol. The van der Waals surface area contributed by atoms with Crippen LogP contribution in [0, 0.1) is 6.92 Å². The zero-order valence-corrected chi connectivity index (χ0v) is 24.1. The molecule has 0 unspecified atom stereocenters. The molecule has 0 radical (unpaired) electrons. The number of fused-ring (bicyclic) bond motifs is 1. The Morgan fingerprint density at radius 1 is 0.795 bits per heavy atom. The number of aryl methyl sites for hydroxylation is 1. The first-order valence-corrected chi connectivity index (χ1v) is 13.1. The number of amidine groups is 1. The van der Waals surface area contributed by atoms with Gasteiger partial charge in [-0.3, -0.25) is 4.57 Å². The van der Waals surface area contributed by atoms with Crippen LogP contribution >= 0.6 is 34.8 Å². The Kier molecular flexibility index (Phi) is 9.36. The fourth-order valence-electron chi connectivity index (χ4n) is 3.96. The molecule has 0 spiro atoms. The van der Waals surface area contributed by atoms with Gasteiger partial charge in [0.15, 0.2) is 0 Å². The summed E-state index contributed by atoms with van der Waals surface area (Å²) in [6.45, 7) is 3.81. The first-order chi connectivity index (χ1) is 18.8. The van der Waals surface area contributed by atoms with E-state index in [1.54, 1.807) is 32.4 Å². The van der Waals surface area contributed by atoms with Crippen LogP contribution in [0.4, 0.5) is 11.4 Å². The molecule has 6 nitrogen and oxygen atoms in total. The van der Waals surface area contributed by atoms with Crippen molar-refractivity contribution in [2.45, 2.75) is 13.8 Å². The SMILES string of the molecule is COc1cccc(-n2c(C)nc3c(Cl)cccc32)c1.COc1cccc(NC(C)=Nc2c(Cl)cccc2Cl)c1. The van der Waals surface area contributed by atoms with Crippen molar-refractivity contribution in [1.82, 2.24) is 9.55 Å². The van der Waals surface area contributed by atoms with Gasteiger partial charge in [0, 0.05) is 17.8 Å². The first-order valence-electron chi connectivity index (χ1n) is 12.0. The second-order valence-corrected chi connectivity index (χ2v) is 9.65. The Morgan fingerprint density at radius 3 is 2.08 bits per heavy atom. The molecule has 39 heavy (non-hydrogen) atoms. The maximum atomic E-state index is 6.19. The van der Waals surface area contributed by atoms with Crippen molar-refractivity contribution in [3.05, 3.63) is 106 Å². The highest BCUT2D eigenvalue weighted by molar-refractivity contribution is 6.39. The van der Waals surface area contributed by atoms with Gasteiger partial charge in [0.2, 0.25) is 0 Å². The number of benzene rings is 4. The number of para-hydroxylation sites is 2. The van der Waals surface area contributed by atoms with Gasteiger partial charge in [0.1, 0.15) is 34.4 Å². The van der Waals surface area contributed by atoms with Gasteiger partial charge in [-0.2, -0.15) is 0 Å². The van der Waals surface area contributed by atoms with Crippen molar-refractivity contribution in [1.29, 1.82) is 0 Å². The molecule has 0 bridgehead atoms. The van der Waals surface area contributed by atoms with Gasteiger partial charge in [-0.15, -0.1) is 0 Å². The van der Waals surface area contributed by atoms with Crippen molar-refractivity contribution < 1.29 is 9.47 Å². The summed E-state index contributed by atoms with van der Waals surface area (Å²) in [5.74, 6) is 3.18. The van der Waals surface area contributed by atoms with Crippen LogP contribution in [-0.4, -0.2) is 29.6 Å². The summed E-state index contributed by atoms with van der Waals surface area (Å²) >= 11 is 18.4. The van der Waals surface area contributed by atoms with Crippen molar-refractivity contribution in [2.24, 2.45) is 4.99 Å². The smallest absolute Gasteiger partial charge is 0.120 e. The van der Waals surface area contributed by atoms with E-state index in [4.69, 9.17) is 44.3 Å². The summed E-state index contributed by atoms with van der Waals surface area (Å²) in [5.41, 5.74) is 4.28. The van der Waals surface area contributed by atoms with Gasteiger partial charge in [-0.1, -0.05) is 59.1 Å². The molecule has 5 aromatic rings. The van der Waals surface area contributed by atoms with Crippen LogP contribution in [0.1, 0.15) is 12.7 Å². The molecule has 200 valence electrons. The van der Waals surface area contributed by atoms with Crippen LogP contribution in [0.5, 0.6) is 11.5 Å². The van der Waals surface area contributed by atoms with E-state index in [1.807, 2.05) is 80.6 Å². The number of hydrogen-bond acceptors (Lipinski definition) is 4. The van der Waals surface area contributed by atoms with Crippen LogP contribution < -0.4 is 14.8 Å². The van der Waals surface area contributed by atoms with Gasteiger partial charge in [0.25, 0.3) is 0 Å². The molecular weight excluding hydrogens is 555 g/mol. The minimum absolute atomic E-state index is 0.518. The number of hydrogen-bond donors (Lipinski definition) is 1. The highest BCUT2D eigenvalue weighted by Crippen LogP contribution is 2.33. The van der Waals surface area contributed by atoms with Gasteiger partial charge >= 0.3 is 0 Å². The topological polar surface area (TPSA) is 60.7 Å². The second-order valence-electron chi connectivity index (χ2n) is 8.43. The van der Waals surface area contributed by atoms with E-state index in [0.29, 0.717) is 26.6 Å². The van der Waals surface area contributed by atoms with Crippen LogP contribution in [0.15, 0.2) is 89.9 Å². The Labute approximate surface area is 242 Å². The van der Waals surface area contributed by atoms with Gasteiger partial charge in [0.05, 0.1) is 40.5 Å². The Bertz CT molecular complexity index is 1610. The molecule has 1 aromatic heterocycles. The molecule has 4 aromatic carbocycles. The summed E-state index contributed by atoms with van der Waals surface area (Å²) in [6, 6.07) is 26.6. The summed E-state index contributed by atoms with van der Waals surface area (Å²) < 4.78 is 12.5. The largest absolute Gasteiger partial charge is 0.497 e. The van der Waals surface area contributed by atoms with Crippen molar-refractivity contribution in [3.63, 3.8) is 0 Å². The third-order valence-corrected chi connectivity index (χ3v) is 6.64. The van der Waals surface area contributed by atoms with E-state index in [2.05, 4.69) is 19.9 Å². The van der Waals surface area contributed by atoms with E-state index in [1.165, 1.54) is 0 Å². The lowest BCUT2D eigenvalue weighted by atomic mass is 10.2. The van der Waals surface area contributed by atoms with Crippen molar-refractivity contribution in [2.75, 3.05) is 19.5 Å². The van der Waals surface area contributed by atoms with E-state index in [9.17, 15) is 0 Å². The Hall–Kier alpha value is -3.71.